The lowest BCUT2D eigenvalue weighted by Gasteiger charge is -2.24. The number of carbonyl (C=O) groups excluding carboxylic acids is 4. The zero-order chi connectivity index (χ0) is 44.1. The maximum Gasteiger partial charge on any atom is 0.246 e. The third kappa shape index (κ3) is 26.0. The quantitative estimate of drug-likeness (QED) is 0.0358. The highest BCUT2D eigenvalue weighted by Gasteiger charge is 2.16. The van der Waals surface area contributed by atoms with Crippen molar-refractivity contribution in [3.8, 4) is 0 Å². The van der Waals surface area contributed by atoms with Crippen molar-refractivity contribution in [2.45, 2.75) is 117 Å². The van der Waals surface area contributed by atoms with Crippen molar-refractivity contribution in [1.82, 2.24) is 36.5 Å². The Kier molecular flexibility index (Phi) is 26.8. The molecule has 1 aromatic rings. The average Bonchev–Trinajstić information content (AvgIpc) is 3.18. The van der Waals surface area contributed by atoms with Gasteiger partial charge in [-0.05, 0) is 109 Å². The van der Waals surface area contributed by atoms with Gasteiger partial charge in [-0.3, -0.25) is 33.7 Å². The number of unbranched alkanes of at least 4 members (excludes halogenated alkanes) is 6. The van der Waals surface area contributed by atoms with Gasteiger partial charge < -0.3 is 31.9 Å². The van der Waals surface area contributed by atoms with Crippen LogP contribution in [-0.4, -0.2) is 105 Å². The molecule has 0 saturated heterocycles. The van der Waals surface area contributed by atoms with Crippen LogP contribution in [0.15, 0.2) is 61.3 Å². The maximum atomic E-state index is 12.8. The smallest absolute Gasteiger partial charge is 0.246 e. The van der Waals surface area contributed by atoms with Crippen molar-refractivity contribution >= 4 is 35.0 Å². The first-order valence-electron chi connectivity index (χ1n) is 20.8. The molecule has 0 atom stereocenters. The number of hydrogen-bond donors (Lipinski definition) is 6. The molecule has 1 rings (SSSR count). The molecule has 0 aliphatic heterocycles. The first-order valence-corrected chi connectivity index (χ1v) is 20.8. The SMILES string of the molecule is C=C(CCC(=O)N(CCCCCNC(=C)Nc1ccc(NC(=C)NC(C)(C)C)cc1)OC)NCCCCCN(OC)C(=O)CCC(=O)NCCCCCN(OC)C(C)=O. The van der Waals surface area contributed by atoms with E-state index in [0.717, 1.165) is 93.0 Å². The van der Waals surface area contributed by atoms with Crippen LogP contribution in [0.3, 0.4) is 0 Å². The van der Waals surface area contributed by atoms with Gasteiger partial charge in [-0.15, -0.1) is 0 Å². The highest BCUT2D eigenvalue weighted by Crippen LogP contribution is 2.16. The van der Waals surface area contributed by atoms with E-state index in [9.17, 15) is 19.2 Å². The van der Waals surface area contributed by atoms with Gasteiger partial charge in [0.25, 0.3) is 0 Å². The Balaban J connectivity index is 2.14. The van der Waals surface area contributed by atoms with Crippen LogP contribution in [0.4, 0.5) is 11.4 Å². The van der Waals surface area contributed by atoms with E-state index in [1.807, 2.05) is 24.3 Å². The summed E-state index contributed by atoms with van der Waals surface area (Å²) in [5.41, 5.74) is 2.58. The summed E-state index contributed by atoms with van der Waals surface area (Å²) < 4.78 is 0. The highest BCUT2D eigenvalue weighted by atomic mass is 16.7. The lowest BCUT2D eigenvalue weighted by Crippen LogP contribution is -2.37. The Morgan fingerprint density at radius 1 is 0.559 bits per heavy atom. The van der Waals surface area contributed by atoms with E-state index in [4.69, 9.17) is 14.5 Å². The van der Waals surface area contributed by atoms with Crippen molar-refractivity contribution in [2.24, 2.45) is 0 Å². The number of nitrogens with zero attached hydrogens (tertiary/aromatic N) is 3. The summed E-state index contributed by atoms with van der Waals surface area (Å²) in [6.45, 7) is 23.3. The van der Waals surface area contributed by atoms with Crippen molar-refractivity contribution in [3.05, 3.63) is 61.3 Å². The van der Waals surface area contributed by atoms with Crippen molar-refractivity contribution in [1.29, 1.82) is 0 Å². The molecule has 0 unspecified atom stereocenters. The normalized spacial score (nSPS) is 10.9. The Morgan fingerprint density at radius 2 is 0.983 bits per heavy atom. The zero-order valence-corrected chi connectivity index (χ0v) is 37.1. The molecule has 0 saturated carbocycles. The van der Waals surface area contributed by atoms with Crippen LogP contribution < -0.4 is 31.9 Å². The number of allylic oxidation sites excluding steroid dienone is 1. The number of rotatable bonds is 34. The molecule has 1 aromatic carbocycles. The fraction of sp³-hybridized carbons (Fsp3) is 0.628. The monoisotopic (exact) mass is 830 g/mol. The third-order valence-corrected chi connectivity index (χ3v) is 8.93. The summed E-state index contributed by atoms with van der Waals surface area (Å²) >= 11 is 0. The molecular formula is C43H75N9O7. The van der Waals surface area contributed by atoms with Gasteiger partial charge >= 0.3 is 0 Å². The van der Waals surface area contributed by atoms with E-state index < -0.39 is 0 Å². The van der Waals surface area contributed by atoms with Crippen LogP contribution in [-0.2, 0) is 33.7 Å². The predicted octanol–water partition coefficient (Wildman–Crippen LogP) is 5.91. The zero-order valence-electron chi connectivity index (χ0n) is 37.1. The Bertz CT molecular complexity index is 1430. The van der Waals surface area contributed by atoms with Gasteiger partial charge in [-0.1, -0.05) is 19.7 Å². The molecule has 0 heterocycles. The average molecular weight is 830 g/mol. The lowest BCUT2D eigenvalue weighted by molar-refractivity contribution is -0.177. The molecule has 0 aliphatic rings. The van der Waals surface area contributed by atoms with Gasteiger partial charge in [0.05, 0.1) is 33.0 Å². The molecule has 16 heteroatoms. The van der Waals surface area contributed by atoms with E-state index in [-0.39, 0.29) is 42.0 Å². The summed E-state index contributed by atoms with van der Waals surface area (Å²) in [6.07, 6.45) is 8.46. The van der Waals surface area contributed by atoms with Gasteiger partial charge in [0.15, 0.2) is 0 Å². The highest BCUT2D eigenvalue weighted by molar-refractivity contribution is 5.83. The largest absolute Gasteiger partial charge is 0.389 e. The van der Waals surface area contributed by atoms with Crippen LogP contribution in [0, 0.1) is 0 Å². The van der Waals surface area contributed by atoms with Gasteiger partial charge in [-0.25, -0.2) is 15.2 Å². The first-order chi connectivity index (χ1) is 28.1. The summed E-state index contributed by atoms with van der Waals surface area (Å²) in [7, 11) is 4.43. The van der Waals surface area contributed by atoms with Gasteiger partial charge in [0.1, 0.15) is 0 Å². The van der Waals surface area contributed by atoms with Gasteiger partial charge in [-0.2, -0.15) is 0 Å². The molecular weight excluding hydrogens is 755 g/mol. The third-order valence-electron chi connectivity index (χ3n) is 8.93. The number of benzene rings is 1. The van der Waals surface area contributed by atoms with Crippen LogP contribution in [0.2, 0.25) is 0 Å². The van der Waals surface area contributed by atoms with Crippen LogP contribution in [0.1, 0.15) is 111 Å². The molecule has 16 nitrogen and oxygen atoms in total. The van der Waals surface area contributed by atoms with Crippen molar-refractivity contribution in [3.63, 3.8) is 0 Å². The second-order valence-electron chi connectivity index (χ2n) is 15.3. The molecule has 0 aliphatic carbocycles. The van der Waals surface area contributed by atoms with E-state index in [1.54, 1.807) is 0 Å². The van der Waals surface area contributed by atoms with Crippen molar-refractivity contribution < 1.29 is 33.7 Å². The Labute approximate surface area is 353 Å². The molecule has 0 bridgehead atoms. The fourth-order valence-electron chi connectivity index (χ4n) is 5.83. The van der Waals surface area contributed by atoms with E-state index >= 15 is 0 Å². The first kappa shape index (κ1) is 52.2. The molecule has 6 N–H and O–H groups in total. The van der Waals surface area contributed by atoms with E-state index in [2.05, 4.69) is 72.4 Å². The molecule has 0 fully saturated rings. The number of hydroxylamine groups is 6. The minimum atomic E-state index is -0.233. The number of nitrogens with one attached hydrogen (secondary N) is 6. The minimum Gasteiger partial charge on any atom is -0.389 e. The van der Waals surface area contributed by atoms with Crippen LogP contribution >= 0.6 is 0 Å². The second-order valence-corrected chi connectivity index (χ2v) is 15.3. The number of hydrogen-bond acceptors (Lipinski definition) is 12. The molecule has 0 aromatic heterocycles. The van der Waals surface area contributed by atoms with Crippen molar-refractivity contribution in [2.75, 3.05) is 71.2 Å². The maximum absolute atomic E-state index is 12.8. The summed E-state index contributed by atoms with van der Waals surface area (Å²) in [5.74, 6) is 0.823. The molecule has 4 amide bonds. The molecule has 334 valence electrons. The standard InChI is InChI=1S/C43H75N9O7/c1-34(44-28-14-11-18-33-52(59-10)42(56)27-25-40(54)46-30-16-13-17-31-50(57-8)37(4)53)20-26-41(55)51(58-9)32-19-12-15-29-45-35(2)47-38-21-23-39(24-22-38)48-36(3)49-43(5,6)7/h21-24,44-45,47-49H,1-3,11-20,25-33H2,4-10H3,(H,46,54). The topological polar surface area (TPSA) is 178 Å². The molecule has 0 radical (unpaired) electrons. The van der Waals surface area contributed by atoms with E-state index in [0.29, 0.717) is 45.6 Å². The summed E-state index contributed by atoms with van der Waals surface area (Å²) in [6, 6.07) is 7.91. The number of amides is 4. The van der Waals surface area contributed by atoms with Crippen LogP contribution in [0.5, 0.6) is 0 Å². The second kappa shape index (κ2) is 30.3. The lowest BCUT2D eigenvalue weighted by atomic mass is 10.1. The van der Waals surface area contributed by atoms with Gasteiger partial charge in [0, 0.05) is 88.1 Å². The predicted molar refractivity (Wildman–Crippen MR) is 235 cm³/mol. The minimum absolute atomic E-state index is 0.0672. The Hall–Kier alpha value is -4.80. The Morgan fingerprint density at radius 3 is 1.44 bits per heavy atom. The summed E-state index contributed by atoms with van der Waals surface area (Å²) in [4.78, 5) is 64.5. The van der Waals surface area contributed by atoms with E-state index in [1.165, 1.54) is 43.4 Å². The number of carbonyl (C=O) groups is 4. The molecule has 59 heavy (non-hydrogen) atoms. The summed E-state index contributed by atoms with van der Waals surface area (Å²) in [5, 5.41) is 23.3. The number of anilines is 2. The van der Waals surface area contributed by atoms with Crippen LogP contribution in [0.25, 0.3) is 0 Å². The fourth-order valence-corrected chi connectivity index (χ4v) is 5.83. The van der Waals surface area contributed by atoms with Gasteiger partial charge in [0.2, 0.25) is 23.6 Å². The molecule has 0 spiro atoms.